The molecule has 0 fully saturated rings. The molecule has 0 aliphatic carbocycles. The molecule has 2 aromatic rings. The molecule has 108 valence electrons. The van der Waals surface area contributed by atoms with Gasteiger partial charge >= 0.3 is 6.18 Å². The van der Waals surface area contributed by atoms with Gasteiger partial charge in [0.15, 0.2) is 5.69 Å². The summed E-state index contributed by atoms with van der Waals surface area (Å²) in [6.45, 7) is 3.48. The lowest BCUT2D eigenvalue weighted by atomic mass is 10.4. The molecular formula is C11H11F3N4OS. The average molecular weight is 304 g/mol. The van der Waals surface area contributed by atoms with Crippen LogP contribution in [0.15, 0.2) is 20.7 Å². The molecule has 2 aromatic heterocycles. The zero-order valence-electron chi connectivity index (χ0n) is 10.9. The molecule has 0 bridgehead atoms. The van der Waals surface area contributed by atoms with E-state index in [1.807, 2.05) is 0 Å². The number of rotatable bonds is 3. The van der Waals surface area contributed by atoms with E-state index in [4.69, 9.17) is 4.42 Å². The maximum atomic E-state index is 12.7. The van der Waals surface area contributed by atoms with Crippen molar-refractivity contribution in [3.63, 3.8) is 0 Å². The highest BCUT2D eigenvalue weighted by atomic mass is 32.2. The van der Waals surface area contributed by atoms with Crippen molar-refractivity contribution < 1.29 is 17.6 Å². The minimum atomic E-state index is -4.54. The molecule has 5 nitrogen and oxygen atoms in total. The van der Waals surface area contributed by atoms with Crippen LogP contribution in [0.5, 0.6) is 0 Å². The number of nitrogens with one attached hydrogen (secondary N) is 1. The Kier molecular flexibility index (Phi) is 3.89. The normalized spacial score (nSPS) is 11.7. The van der Waals surface area contributed by atoms with Gasteiger partial charge in [-0.2, -0.15) is 13.2 Å². The van der Waals surface area contributed by atoms with Gasteiger partial charge in [-0.3, -0.25) is 0 Å². The van der Waals surface area contributed by atoms with E-state index >= 15 is 0 Å². The van der Waals surface area contributed by atoms with Crippen molar-refractivity contribution in [2.24, 2.45) is 0 Å². The summed E-state index contributed by atoms with van der Waals surface area (Å²) in [4.78, 5) is 11.4. The lowest BCUT2D eigenvalue weighted by molar-refractivity contribution is -0.141. The van der Waals surface area contributed by atoms with E-state index < -0.39 is 11.9 Å². The molecule has 0 saturated carbocycles. The molecule has 1 N–H and O–H groups in total. The van der Waals surface area contributed by atoms with Crippen molar-refractivity contribution in [3.8, 4) is 0 Å². The van der Waals surface area contributed by atoms with Crippen LogP contribution in [0.3, 0.4) is 0 Å². The Balaban J connectivity index is 2.36. The molecular weight excluding hydrogens is 293 g/mol. The fourth-order valence-corrected chi connectivity index (χ4v) is 2.14. The number of alkyl halides is 3. The fourth-order valence-electron chi connectivity index (χ4n) is 1.31. The molecule has 2 rings (SSSR count). The van der Waals surface area contributed by atoms with Gasteiger partial charge in [0, 0.05) is 13.1 Å². The summed E-state index contributed by atoms with van der Waals surface area (Å²) in [6, 6.07) is 0.861. The third-order valence-corrected chi connectivity index (χ3v) is 3.18. The first-order valence-corrected chi connectivity index (χ1v) is 6.37. The SMILES string of the molecule is CNc1nc(Sc2nc(C)c(C)o2)cc(C(F)(F)F)n1. The number of aryl methyl sites for hydroxylation is 2. The van der Waals surface area contributed by atoms with Crippen LogP contribution in [0.25, 0.3) is 0 Å². The van der Waals surface area contributed by atoms with Gasteiger partial charge < -0.3 is 9.73 Å². The largest absolute Gasteiger partial charge is 0.436 e. The van der Waals surface area contributed by atoms with Gasteiger partial charge in [-0.25, -0.2) is 15.0 Å². The number of hydrogen-bond acceptors (Lipinski definition) is 6. The zero-order valence-corrected chi connectivity index (χ0v) is 11.7. The number of oxazole rings is 1. The number of aromatic nitrogens is 3. The van der Waals surface area contributed by atoms with Crippen LogP contribution in [0.4, 0.5) is 19.1 Å². The monoisotopic (exact) mass is 304 g/mol. The van der Waals surface area contributed by atoms with Crippen molar-refractivity contribution in [3.05, 3.63) is 23.2 Å². The summed E-state index contributed by atoms with van der Waals surface area (Å²) in [7, 11) is 1.45. The topological polar surface area (TPSA) is 63.8 Å². The first-order chi connectivity index (χ1) is 9.29. The lowest BCUT2D eigenvalue weighted by Gasteiger charge is -2.08. The van der Waals surface area contributed by atoms with Crippen LogP contribution in [0.1, 0.15) is 17.1 Å². The minimum Gasteiger partial charge on any atom is -0.436 e. The summed E-state index contributed by atoms with van der Waals surface area (Å²) in [5.74, 6) is 0.508. The summed E-state index contributed by atoms with van der Waals surface area (Å²) in [5, 5.41) is 2.85. The maximum absolute atomic E-state index is 12.7. The van der Waals surface area contributed by atoms with Gasteiger partial charge in [0.2, 0.25) is 5.95 Å². The Bertz CT molecular complexity index is 607. The fraction of sp³-hybridized carbons (Fsp3) is 0.364. The number of nitrogens with zero attached hydrogens (tertiary/aromatic N) is 3. The summed E-state index contributed by atoms with van der Waals surface area (Å²) in [6.07, 6.45) is -4.54. The number of anilines is 1. The van der Waals surface area contributed by atoms with Crippen molar-refractivity contribution in [2.45, 2.75) is 30.3 Å². The molecule has 0 atom stereocenters. The van der Waals surface area contributed by atoms with Gasteiger partial charge in [-0.15, -0.1) is 0 Å². The third-order valence-electron chi connectivity index (χ3n) is 2.42. The standard InChI is InChI=1S/C11H11F3N4OS/c1-5-6(2)19-10(16-5)20-8-4-7(11(12,13)14)17-9(15-3)18-8/h4H,1-3H3,(H,15,17,18). The molecule has 0 aromatic carbocycles. The second kappa shape index (κ2) is 5.31. The van der Waals surface area contributed by atoms with E-state index in [0.717, 1.165) is 17.8 Å². The third kappa shape index (κ3) is 3.21. The highest BCUT2D eigenvalue weighted by Crippen LogP contribution is 2.33. The molecule has 0 aliphatic rings. The number of hydrogen-bond donors (Lipinski definition) is 1. The minimum absolute atomic E-state index is 0.109. The summed E-state index contributed by atoms with van der Waals surface area (Å²) >= 11 is 0.914. The highest BCUT2D eigenvalue weighted by Gasteiger charge is 2.33. The van der Waals surface area contributed by atoms with Crippen LogP contribution in [0, 0.1) is 13.8 Å². The predicted octanol–water partition coefficient (Wildman–Crippen LogP) is 3.29. The average Bonchev–Trinajstić information content (AvgIpc) is 2.66. The Labute approximate surface area is 117 Å². The quantitative estimate of drug-likeness (QED) is 0.878. The van der Waals surface area contributed by atoms with Gasteiger partial charge in [-0.05, 0) is 25.6 Å². The summed E-state index contributed by atoms with van der Waals surface area (Å²) in [5.41, 5.74) is -0.328. The molecule has 0 amide bonds. The number of halogens is 3. The van der Waals surface area contributed by atoms with Gasteiger partial charge in [0.05, 0.1) is 5.69 Å². The smallest absolute Gasteiger partial charge is 0.433 e. The molecule has 9 heteroatoms. The van der Waals surface area contributed by atoms with Crippen molar-refractivity contribution >= 4 is 17.7 Å². The van der Waals surface area contributed by atoms with Crippen molar-refractivity contribution in [1.82, 2.24) is 15.0 Å². The first kappa shape index (κ1) is 14.6. The molecule has 0 spiro atoms. The summed E-state index contributed by atoms with van der Waals surface area (Å²) < 4.78 is 43.5. The van der Waals surface area contributed by atoms with Crippen LogP contribution in [0.2, 0.25) is 0 Å². The molecule has 0 aliphatic heterocycles. The Hall–Kier alpha value is -1.77. The van der Waals surface area contributed by atoms with Gasteiger partial charge in [0.25, 0.3) is 5.22 Å². The van der Waals surface area contributed by atoms with Crippen LogP contribution in [-0.4, -0.2) is 22.0 Å². The maximum Gasteiger partial charge on any atom is 0.433 e. The van der Waals surface area contributed by atoms with Crippen LogP contribution >= 0.6 is 11.8 Å². The Morgan fingerprint density at radius 3 is 2.40 bits per heavy atom. The van der Waals surface area contributed by atoms with E-state index in [1.54, 1.807) is 13.8 Å². The molecule has 2 heterocycles. The van der Waals surface area contributed by atoms with Crippen LogP contribution in [-0.2, 0) is 6.18 Å². The van der Waals surface area contributed by atoms with Crippen molar-refractivity contribution in [1.29, 1.82) is 0 Å². The second-order valence-electron chi connectivity index (χ2n) is 3.89. The molecule has 0 unspecified atom stereocenters. The first-order valence-electron chi connectivity index (χ1n) is 5.55. The Morgan fingerprint density at radius 2 is 1.90 bits per heavy atom. The van der Waals surface area contributed by atoms with Gasteiger partial charge in [0.1, 0.15) is 10.8 Å². The highest BCUT2D eigenvalue weighted by molar-refractivity contribution is 7.99. The lowest BCUT2D eigenvalue weighted by Crippen LogP contribution is -2.11. The van der Waals surface area contributed by atoms with Gasteiger partial charge in [-0.1, -0.05) is 0 Å². The van der Waals surface area contributed by atoms with E-state index in [1.165, 1.54) is 7.05 Å². The Morgan fingerprint density at radius 1 is 1.20 bits per heavy atom. The van der Waals surface area contributed by atoms with Crippen LogP contribution < -0.4 is 5.32 Å². The van der Waals surface area contributed by atoms with E-state index in [-0.39, 0.29) is 16.2 Å². The van der Waals surface area contributed by atoms with Crippen molar-refractivity contribution in [2.75, 3.05) is 12.4 Å². The van der Waals surface area contributed by atoms with E-state index in [0.29, 0.717) is 11.5 Å². The zero-order chi connectivity index (χ0) is 14.9. The molecule has 20 heavy (non-hydrogen) atoms. The molecule has 0 radical (unpaired) electrons. The second-order valence-corrected chi connectivity index (χ2v) is 4.86. The predicted molar refractivity (Wildman–Crippen MR) is 66.7 cm³/mol. The molecule has 0 saturated heterocycles. The van der Waals surface area contributed by atoms with E-state index in [2.05, 4.69) is 20.3 Å². The van der Waals surface area contributed by atoms with E-state index in [9.17, 15) is 13.2 Å².